The summed E-state index contributed by atoms with van der Waals surface area (Å²) in [6.45, 7) is 1.52. The van der Waals surface area contributed by atoms with Crippen molar-refractivity contribution in [1.82, 2.24) is 5.32 Å². The van der Waals surface area contributed by atoms with Crippen molar-refractivity contribution >= 4 is 35.3 Å². The van der Waals surface area contributed by atoms with Gasteiger partial charge in [-0.1, -0.05) is 12.1 Å². The number of rotatable bonds is 9. The van der Waals surface area contributed by atoms with Gasteiger partial charge in [-0.2, -0.15) is 11.8 Å². The van der Waals surface area contributed by atoms with Gasteiger partial charge in [0.1, 0.15) is 31.0 Å². The fraction of sp³-hybridized carbons (Fsp3) is 0.591. The minimum absolute atomic E-state index is 0.00192. The summed E-state index contributed by atoms with van der Waals surface area (Å²) < 4.78 is 11.0. The number of thioether (sulfide) groups is 1. The first-order chi connectivity index (χ1) is 15.0. The Balaban J connectivity index is 1.74. The van der Waals surface area contributed by atoms with Crippen LogP contribution in [0.1, 0.15) is 32.6 Å². The number of anilines is 1. The molecular formula is C22H30N2O6S. The number of benzene rings is 1. The second-order valence-electron chi connectivity index (χ2n) is 7.75. The van der Waals surface area contributed by atoms with Crippen molar-refractivity contribution in [1.29, 1.82) is 0 Å². The van der Waals surface area contributed by atoms with Crippen molar-refractivity contribution < 1.29 is 29.0 Å². The van der Waals surface area contributed by atoms with Crippen LogP contribution in [0, 0.1) is 5.92 Å². The normalized spacial score (nSPS) is 20.4. The van der Waals surface area contributed by atoms with Crippen molar-refractivity contribution in [2.24, 2.45) is 5.92 Å². The monoisotopic (exact) mass is 450 g/mol. The summed E-state index contributed by atoms with van der Waals surface area (Å²) in [7, 11) is 0. The first-order valence-corrected chi connectivity index (χ1v) is 11.9. The molecule has 3 rings (SSSR count). The molecule has 2 heterocycles. The second kappa shape index (κ2) is 11.4. The molecule has 0 saturated carbocycles. The molecule has 1 fully saturated rings. The number of fused-ring (bicyclic) bond motifs is 1. The molecule has 0 radical (unpaired) electrons. The molecule has 2 N–H and O–H groups in total. The van der Waals surface area contributed by atoms with Crippen molar-refractivity contribution in [3.05, 3.63) is 24.3 Å². The smallest absolute Gasteiger partial charge is 0.323 e. The van der Waals surface area contributed by atoms with Gasteiger partial charge in [0.25, 0.3) is 0 Å². The van der Waals surface area contributed by atoms with Gasteiger partial charge in [-0.3, -0.25) is 24.6 Å². The number of esters is 1. The van der Waals surface area contributed by atoms with Crippen LogP contribution in [-0.4, -0.2) is 66.3 Å². The van der Waals surface area contributed by atoms with Gasteiger partial charge >= 0.3 is 11.9 Å². The zero-order chi connectivity index (χ0) is 22.2. The van der Waals surface area contributed by atoms with Crippen LogP contribution in [0.5, 0.6) is 5.75 Å². The van der Waals surface area contributed by atoms with Crippen molar-refractivity contribution in [3.63, 3.8) is 0 Å². The number of nitrogens with zero attached hydrogens (tertiary/aromatic N) is 1. The van der Waals surface area contributed by atoms with Gasteiger partial charge in [-0.05, 0) is 62.2 Å². The van der Waals surface area contributed by atoms with Crippen LogP contribution in [0.2, 0.25) is 0 Å². The number of para-hydroxylation sites is 2. The van der Waals surface area contributed by atoms with Gasteiger partial charge in [-0.25, -0.2) is 0 Å². The lowest BCUT2D eigenvalue weighted by Gasteiger charge is -2.27. The lowest BCUT2D eigenvalue weighted by Crippen LogP contribution is -2.55. The largest absolute Gasteiger partial charge is 0.489 e. The number of hydrogen-bond donors (Lipinski definition) is 2. The number of carbonyl (C=O) groups is 3. The van der Waals surface area contributed by atoms with Gasteiger partial charge in [-0.15, -0.1) is 0 Å². The van der Waals surface area contributed by atoms with E-state index in [9.17, 15) is 19.5 Å². The van der Waals surface area contributed by atoms with Gasteiger partial charge in [0.05, 0.1) is 12.3 Å². The summed E-state index contributed by atoms with van der Waals surface area (Å²) in [5.41, 5.74) is 0.409. The highest BCUT2D eigenvalue weighted by molar-refractivity contribution is 7.99. The molecule has 1 aromatic carbocycles. The number of carboxylic acid groups (broad SMARTS) is 1. The Hall–Kier alpha value is -2.26. The van der Waals surface area contributed by atoms with E-state index >= 15 is 0 Å². The van der Waals surface area contributed by atoms with Gasteiger partial charge in [0.15, 0.2) is 0 Å². The van der Waals surface area contributed by atoms with Gasteiger partial charge in [0, 0.05) is 0 Å². The van der Waals surface area contributed by atoms with Crippen LogP contribution in [-0.2, 0) is 19.1 Å². The molecular weight excluding hydrogens is 420 g/mol. The molecule has 1 amide bonds. The molecule has 0 aliphatic carbocycles. The Labute approximate surface area is 186 Å². The Kier molecular flexibility index (Phi) is 8.60. The summed E-state index contributed by atoms with van der Waals surface area (Å²) >= 11 is 1.96. The molecule has 31 heavy (non-hydrogen) atoms. The predicted molar refractivity (Wildman–Crippen MR) is 119 cm³/mol. The highest BCUT2D eigenvalue weighted by Crippen LogP contribution is 2.31. The number of carbonyl (C=O) groups excluding carboxylic acids is 2. The lowest BCUT2D eigenvalue weighted by atomic mass is 9.94. The summed E-state index contributed by atoms with van der Waals surface area (Å²) in [6.07, 6.45) is 3.70. The Bertz CT molecular complexity index is 783. The molecule has 9 heteroatoms. The average Bonchev–Trinajstić information content (AvgIpc) is 2.89. The van der Waals surface area contributed by atoms with Crippen LogP contribution in [0.4, 0.5) is 5.69 Å². The quantitative estimate of drug-likeness (QED) is 0.552. The first kappa shape index (κ1) is 23.4. The third kappa shape index (κ3) is 6.36. The Morgan fingerprint density at radius 1 is 1.32 bits per heavy atom. The molecule has 2 atom stereocenters. The molecule has 1 aromatic rings. The number of nitrogens with one attached hydrogen (secondary N) is 1. The highest BCUT2D eigenvalue weighted by Gasteiger charge is 2.35. The maximum absolute atomic E-state index is 13.2. The van der Waals surface area contributed by atoms with E-state index in [1.54, 1.807) is 31.2 Å². The van der Waals surface area contributed by atoms with E-state index in [4.69, 9.17) is 9.47 Å². The number of ether oxygens (including phenoxy) is 2. The average molecular weight is 451 g/mol. The minimum atomic E-state index is -1.12. The molecule has 0 spiro atoms. The van der Waals surface area contributed by atoms with E-state index in [-0.39, 0.29) is 13.2 Å². The number of aliphatic carboxylic acids is 1. The van der Waals surface area contributed by atoms with Crippen LogP contribution in [0.15, 0.2) is 24.3 Å². The Morgan fingerprint density at radius 3 is 2.77 bits per heavy atom. The molecule has 2 aliphatic heterocycles. The van der Waals surface area contributed by atoms with E-state index in [2.05, 4.69) is 5.32 Å². The summed E-state index contributed by atoms with van der Waals surface area (Å²) in [4.78, 5) is 38.4. The fourth-order valence-electron chi connectivity index (χ4n) is 3.96. The van der Waals surface area contributed by atoms with Crippen LogP contribution in [0.3, 0.4) is 0 Å². The third-order valence-corrected chi connectivity index (χ3v) is 6.65. The highest BCUT2D eigenvalue weighted by atomic mass is 32.2. The maximum Gasteiger partial charge on any atom is 0.323 e. The van der Waals surface area contributed by atoms with Crippen LogP contribution >= 0.6 is 11.8 Å². The molecule has 1 saturated heterocycles. The van der Waals surface area contributed by atoms with Crippen molar-refractivity contribution in [2.45, 2.75) is 44.7 Å². The minimum Gasteiger partial charge on any atom is -0.489 e. The zero-order valence-electron chi connectivity index (χ0n) is 17.7. The molecule has 170 valence electrons. The first-order valence-electron chi connectivity index (χ1n) is 10.7. The summed E-state index contributed by atoms with van der Waals surface area (Å²) in [5.74, 6) is 1.32. The standard InChI is InChI=1S/C22H30N2O6S/c1-2-29-22(28)16(8-7-15-9-11-31-12-10-15)23-17-14-30-19-6-4-3-5-18(19)24(21(17)27)13-20(25)26/h3-6,15-17,23H,2,7-14H2,1H3,(H,25,26)/t16-,17?/m0/s1. The summed E-state index contributed by atoms with van der Waals surface area (Å²) in [5, 5.41) is 12.4. The fourth-order valence-corrected chi connectivity index (χ4v) is 5.17. The van der Waals surface area contributed by atoms with Gasteiger partial charge in [0.2, 0.25) is 5.91 Å². The second-order valence-corrected chi connectivity index (χ2v) is 8.98. The van der Waals surface area contributed by atoms with E-state index in [1.165, 1.54) is 4.90 Å². The van der Waals surface area contributed by atoms with Crippen molar-refractivity contribution in [3.8, 4) is 5.75 Å². The maximum atomic E-state index is 13.2. The molecule has 2 aliphatic rings. The number of carboxylic acids is 1. The topological polar surface area (TPSA) is 105 Å². The van der Waals surface area contributed by atoms with Crippen LogP contribution < -0.4 is 15.0 Å². The molecule has 0 bridgehead atoms. The molecule has 0 aromatic heterocycles. The van der Waals surface area contributed by atoms with Crippen molar-refractivity contribution in [2.75, 3.05) is 36.2 Å². The zero-order valence-corrected chi connectivity index (χ0v) is 18.6. The van der Waals surface area contributed by atoms with Gasteiger partial charge < -0.3 is 14.6 Å². The molecule has 1 unspecified atom stereocenters. The van der Waals surface area contributed by atoms with E-state index < -0.39 is 36.5 Å². The van der Waals surface area contributed by atoms with E-state index in [0.29, 0.717) is 23.8 Å². The molecule has 8 nitrogen and oxygen atoms in total. The number of amides is 1. The third-order valence-electron chi connectivity index (χ3n) is 5.60. The predicted octanol–water partition coefficient (Wildman–Crippen LogP) is 2.31. The lowest BCUT2D eigenvalue weighted by molar-refractivity contribution is -0.146. The summed E-state index contributed by atoms with van der Waals surface area (Å²) in [6, 6.07) is 5.33. The number of hydrogen-bond acceptors (Lipinski definition) is 7. The van der Waals surface area contributed by atoms with E-state index in [1.807, 2.05) is 11.8 Å². The van der Waals surface area contributed by atoms with E-state index in [0.717, 1.165) is 30.8 Å². The Morgan fingerprint density at radius 2 is 2.06 bits per heavy atom. The SMILES string of the molecule is CCOC(=O)[C@H](CCC1CCSCC1)NC1COc2ccccc2N(CC(=O)O)C1=O. The van der Waals surface area contributed by atoms with Crippen LogP contribution in [0.25, 0.3) is 0 Å².